The van der Waals surface area contributed by atoms with Crippen molar-refractivity contribution < 1.29 is 14.3 Å². The number of benzene rings is 1. The largest absolute Gasteiger partial charge is 0.466 e. The van der Waals surface area contributed by atoms with Gasteiger partial charge in [-0.2, -0.15) is 0 Å². The molecular formula is C19H29NO3. The smallest absolute Gasteiger partial charge is 0.307 e. The second-order valence-corrected chi connectivity index (χ2v) is 6.27. The van der Waals surface area contributed by atoms with Crippen molar-refractivity contribution in [2.24, 2.45) is 5.92 Å². The fraction of sp³-hybridized carbons (Fsp3) is 0.579. The number of esters is 1. The summed E-state index contributed by atoms with van der Waals surface area (Å²) in [5, 5.41) is 0. The summed E-state index contributed by atoms with van der Waals surface area (Å²) in [5.41, 5.74) is 2.38. The minimum atomic E-state index is -0.243. The molecule has 0 aliphatic rings. The van der Waals surface area contributed by atoms with E-state index in [2.05, 4.69) is 45.0 Å². The molecule has 0 aliphatic carbocycles. The lowest BCUT2D eigenvalue weighted by atomic mass is 10.1. The Hall–Kier alpha value is -1.84. The van der Waals surface area contributed by atoms with Crippen molar-refractivity contribution in [1.29, 1.82) is 0 Å². The molecular weight excluding hydrogens is 290 g/mol. The molecule has 0 atom stereocenters. The van der Waals surface area contributed by atoms with Crippen molar-refractivity contribution in [1.82, 2.24) is 4.90 Å². The minimum absolute atomic E-state index is 0.101. The first-order valence-corrected chi connectivity index (χ1v) is 8.41. The van der Waals surface area contributed by atoms with Gasteiger partial charge < -0.3 is 9.64 Å². The molecule has 0 spiro atoms. The first-order chi connectivity index (χ1) is 10.9. The van der Waals surface area contributed by atoms with E-state index in [0.717, 1.165) is 6.42 Å². The van der Waals surface area contributed by atoms with E-state index in [0.29, 0.717) is 32.0 Å². The minimum Gasteiger partial charge on any atom is -0.466 e. The predicted octanol–water partition coefficient (Wildman–Crippen LogP) is 3.37. The van der Waals surface area contributed by atoms with Gasteiger partial charge in [-0.15, -0.1) is 0 Å². The van der Waals surface area contributed by atoms with E-state index in [1.54, 1.807) is 11.8 Å². The fourth-order valence-corrected chi connectivity index (χ4v) is 2.38. The summed E-state index contributed by atoms with van der Waals surface area (Å²) < 4.78 is 4.94. The number of carbonyl (C=O) groups is 2. The normalized spacial score (nSPS) is 10.7. The van der Waals surface area contributed by atoms with Gasteiger partial charge in [-0.1, -0.05) is 43.7 Å². The van der Waals surface area contributed by atoms with Gasteiger partial charge in [0.15, 0.2) is 0 Å². The maximum atomic E-state index is 12.5. The zero-order valence-electron chi connectivity index (χ0n) is 14.8. The van der Waals surface area contributed by atoms with E-state index < -0.39 is 0 Å². The van der Waals surface area contributed by atoms with Crippen LogP contribution in [0.25, 0.3) is 0 Å². The van der Waals surface area contributed by atoms with Gasteiger partial charge in [0.05, 0.1) is 13.0 Å². The summed E-state index contributed by atoms with van der Waals surface area (Å²) >= 11 is 0. The van der Waals surface area contributed by atoms with Gasteiger partial charge in [0.1, 0.15) is 0 Å². The Morgan fingerprint density at radius 1 is 1.13 bits per heavy atom. The van der Waals surface area contributed by atoms with Crippen LogP contribution in [0.5, 0.6) is 0 Å². The van der Waals surface area contributed by atoms with Crippen LogP contribution in [0.2, 0.25) is 0 Å². The quantitative estimate of drug-likeness (QED) is 0.656. The SMILES string of the molecule is CCOC(=O)CCN(CC(C)C)C(=O)CCc1ccc(C)cc1. The molecule has 23 heavy (non-hydrogen) atoms. The monoisotopic (exact) mass is 319 g/mol. The van der Waals surface area contributed by atoms with Crippen molar-refractivity contribution in [3.8, 4) is 0 Å². The number of hydrogen-bond acceptors (Lipinski definition) is 3. The summed E-state index contributed by atoms with van der Waals surface area (Å²) in [6.07, 6.45) is 1.46. The van der Waals surface area contributed by atoms with Crippen LogP contribution in [0.4, 0.5) is 0 Å². The summed E-state index contributed by atoms with van der Waals surface area (Å²) in [7, 11) is 0. The molecule has 0 radical (unpaired) electrons. The van der Waals surface area contributed by atoms with Gasteiger partial charge in [0.25, 0.3) is 0 Å². The molecule has 0 aromatic heterocycles. The molecule has 0 fully saturated rings. The maximum absolute atomic E-state index is 12.5. The van der Waals surface area contributed by atoms with Gasteiger partial charge in [-0.25, -0.2) is 0 Å². The Bertz CT molecular complexity index is 494. The third-order valence-corrected chi connectivity index (χ3v) is 3.58. The summed E-state index contributed by atoms with van der Waals surface area (Å²) in [6, 6.07) is 8.25. The molecule has 1 amide bonds. The van der Waals surface area contributed by atoms with Gasteiger partial charge in [-0.05, 0) is 31.7 Å². The highest BCUT2D eigenvalue weighted by Crippen LogP contribution is 2.09. The van der Waals surface area contributed by atoms with Crippen LogP contribution in [0.1, 0.15) is 44.7 Å². The summed E-state index contributed by atoms with van der Waals surface area (Å²) in [5.74, 6) is 0.233. The average molecular weight is 319 g/mol. The van der Waals surface area contributed by atoms with Crippen molar-refractivity contribution in [3.05, 3.63) is 35.4 Å². The Morgan fingerprint density at radius 2 is 1.78 bits per heavy atom. The highest BCUT2D eigenvalue weighted by molar-refractivity contribution is 5.77. The number of aryl methyl sites for hydroxylation is 2. The lowest BCUT2D eigenvalue weighted by molar-refractivity contribution is -0.144. The molecule has 1 rings (SSSR count). The first kappa shape index (κ1) is 19.2. The van der Waals surface area contributed by atoms with Gasteiger partial charge in [-0.3, -0.25) is 9.59 Å². The average Bonchev–Trinajstić information content (AvgIpc) is 2.50. The Balaban J connectivity index is 2.53. The maximum Gasteiger partial charge on any atom is 0.307 e. The summed E-state index contributed by atoms with van der Waals surface area (Å²) in [4.78, 5) is 25.8. The molecule has 0 saturated heterocycles. The van der Waals surface area contributed by atoms with Crippen LogP contribution in [-0.4, -0.2) is 36.5 Å². The molecule has 0 N–H and O–H groups in total. The number of carbonyl (C=O) groups excluding carboxylic acids is 2. The lowest BCUT2D eigenvalue weighted by Gasteiger charge is -2.24. The third-order valence-electron chi connectivity index (χ3n) is 3.58. The van der Waals surface area contributed by atoms with Gasteiger partial charge >= 0.3 is 5.97 Å². The van der Waals surface area contributed by atoms with E-state index in [1.165, 1.54) is 11.1 Å². The van der Waals surface area contributed by atoms with Crippen molar-refractivity contribution >= 4 is 11.9 Å². The number of ether oxygens (including phenoxy) is 1. The van der Waals surface area contributed by atoms with Crippen LogP contribution in [0.3, 0.4) is 0 Å². The second-order valence-electron chi connectivity index (χ2n) is 6.27. The van der Waals surface area contributed by atoms with Gasteiger partial charge in [0.2, 0.25) is 5.91 Å². The molecule has 0 saturated carbocycles. The first-order valence-electron chi connectivity index (χ1n) is 8.41. The molecule has 0 bridgehead atoms. The fourth-order valence-electron chi connectivity index (χ4n) is 2.38. The Labute approximate surface area is 139 Å². The molecule has 0 aliphatic heterocycles. The lowest BCUT2D eigenvalue weighted by Crippen LogP contribution is -2.36. The third kappa shape index (κ3) is 7.82. The Morgan fingerprint density at radius 3 is 2.35 bits per heavy atom. The highest BCUT2D eigenvalue weighted by Gasteiger charge is 2.16. The highest BCUT2D eigenvalue weighted by atomic mass is 16.5. The van der Waals surface area contributed by atoms with E-state index in [4.69, 9.17) is 4.74 Å². The summed E-state index contributed by atoms with van der Waals surface area (Å²) in [6.45, 7) is 9.47. The number of hydrogen-bond donors (Lipinski definition) is 0. The number of nitrogens with zero attached hydrogens (tertiary/aromatic N) is 1. The van der Waals surface area contributed by atoms with Crippen molar-refractivity contribution in [2.45, 2.75) is 47.0 Å². The Kier molecular flexibility index (Phi) is 8.38. The van der Waals surface area contributed by atoms with E-state index in [1.807, 2.05) is 0 Å². The number of amides is 1. The molecule has 0 heterocycles. The van der Waals surface area contributed by atoms with E-state index >= 15 is 0 Å². The van der Waals surface area contributed by atoms with Crippen molar-refractivity contribution in [3.63, 3.8) is 0 Å². The molecule has 1 aromatic rings. The standard InChI is InChI=1S/C19H29NO3/c1-5-23-19(22)12-13-20(14-15(2)3)18(21)11-10-17-8-6-16(4)7-9-17/h6-9,15H,5,10-14H2,1-4H3. The van der Waals surface area contributed by atoms with Crippen LogP contribution >= 0.6 is 0 Å². The zero-order chi connectivity index (χ0) is 17.2. The molecule has 4 nitrogen and oxygen atoms in total. The van der Waals surface area contributed by atoms with Crippen LogP contribution in [0, 0.1) is 12.8 Å². The molecule has 0 unspecified atom stereocenters. The van der Waals surface area contributed by atoms with Crippen molar-refractivity contribution in [2.75, 3.05) is 19.7 Å². The van der Waals surface area contributed by atoms with Crippen LogP contribution in [-0.2, 0) is 20.7 Å². The second kappa shape index (κ2) is 10.0. The topological polar surface area (TPSA) is 46.6 Å². The van der Waals surface area contributed by atoms with Crippen LogP contribution in [0.15, 0.2) is 24.3 Å². The van der Waals surface area contributed by atoms with Gasteiger partial charge in [0, 0.05) is 19.5 Å². The van der Waals surface area contributed by atoms with E-state index in [9.17, 15) is 9.59 Å². The number of rotatable bonds is 9. The molecule has 1 aromatic carbocycles. The molecule has 128 valence electrons. The van der Waals surface area contributed by atoms with Crippen LogP contribution < -0.4 is 0 Å². The zero-order valence-corrected chi connectivity index (χ0v) is 14.8. The molecule has 4 heteroatoms. The van der Waals surface area contributed by atoms with E-state index in [-0.39, 0.29) is 18.3 Å². The predicted molar refractivity (Wildman–Crippen MR) is 92.2 cm³/mol.